The summed E-state index contributed by atoms with van der Waals surface area (Å²) in [5, 5.41) is 3.39. The third-order valence-corrected chi connectivity index (χ3v) is 6.26. The van der Waals surface area contributed by atoms with Gasteiger partial charge in [0.1, 0.15) is 5.82 Å². The number of hydrogen-bond donors (Lipinski definition) is 1. The first-order valence-electron chi connectivity index (χ1n) is 8.87. The molecule has 4 rings (SSSR count). The van der Waals surface area contributed by atoms with Crippen LogP contribution in [0.15, 0.2) is 24.3 Å². The molecule has 1 saturated carbocycles. The minimum Gasteiger partial charge on any atom is -0.335 e. The van der Waals surface area contributed by atoms with E-state index in [-0.39, 0.29) is 23.2 Å². The van der Waals surface area contributed by atoms with Crippen LogP contribution in [0, 0.1) is 23.1 Å². The third kappa shape index (κ3) is 2.57. The molecular formula is C19H25FN2O. The molecule has 3 nitrogen and oxygen atoms in total. The van der Waals surface area contributed by atoms with Crippen molar-refractivity contribution in [3.05, 3.63) is 35.6 Å². The van der Waals surface area contributed by atoms with E-state index in [1.165, 1.54) is 6.07 Å². The Morgan fingerprint density at radius 3 is 2.87 bits per heavy atom. The molecular weight excluding hydrogens is 291 g/mol. The van der Waals surface area contributed by atoms with Crippen LogP contribution in [0.4, 0.5) is 4.39 Å². The van der Waals surface area contributed by atoms with E-state index < -0.39 is 0 Å². The number of piperidine rings is 1. The SMILES string of the molecule is CC1CCN(C(=O)C2CC23CCNCC3)C1c1cccc(F)c1. The van der Waals surface area contributed by atoms with E-state index >= 15 is 0 Å². The number of hydrogen-bond acceptors (Lipinski definition) is 2. The first-order chi connectivity index (χ1) is 11.1. The fourth-order valence-electron chi connectivity index (χ4n) is 4.77. The van der Waals surface area contributed by atoms with E-state index in [1.807, 2.05) is 11.0 Å². The average molecular weight is 316 g/mol. The highest BCUT2D eigenvalue weighted by Gasteiger charge is 2.59. The van der Waals surface area contributed by atoms with Gasteiger partial charge in [0, 0.05) is 12.5 Å². The minimum atomic E-state index is -0.213. The van der Waals surface area contributed by atoms with Crippen LogP contribution in [0.5, 0.6) is 0 Å². The van der Waals surface area contributed by atoms with Crippen molar-refractivity contribution in [3.63, 3.8) is 0 Å². The molecule has 1 amide bonds. The Bertz CT molecular complexity index is 611. The van der Waals surface area contributed by atoms with Gasteiger partial charge in [0.2, 0.25) is 5.91 Å². The van der Waals surface area contributed by atoms with Gasteiger partial charge in [-0.1, -0.05) is 19.1 Å². The van der Waals surface area contributed by atoms with E-state index in [0.29, 0.717) is 11.8 Å². The molecule has 1 aliphatic carbocycles. The molecule has 2 aliphatic heterocycles. The monoisotopic (exact) mass is 316 g/mol. The van der Waals surface area contributed by atoms with Crippen LogP contribution in [0.3, 0.4) is 0 Å². The topological polar surface area (TPSA) is 32.3 Å². The first kappa shape index (κ1) is 15.1. The molecule has 124 valence electrons. The van der Waals surface area contributed by atoms with E-state index in [9.17, 15) is 9.18 Å². The van der Waals surface area contributed by atoms with Crippen molar-refractivity contribution in [3.8, 4) is 0 Å². The molecule has 1 aromatic rings. The lowest BCUT2D eigenvalue weighted by molar-refractivity contribution is -0.135. The molecule has 3 atom stereocenters. The van der Waals surface area contributed by atoms with Crippen LogP contribution < -0.4 is 5.32 Å². The van der Waals surface area contributed by atoms with E-state index in [4.69, 9.17) is 0 Å². The molecule has 3 unspecified atom stereocenters. The van der Waals surface area contributed by atoms with Gasteiger partial charge in [0.25, 0.3) is 0 Å². The number of rotatable bonds is 2. The van der Waals surface area contributed by atoms with Gasteiger partial charge in [0.05, 0.1) is 6.04 Å². The first-order valence-corrected chi connectivity index (χ1v) is 8.87. The highest BCUT2D eigenvalue weighted by molar-refractivity contribution is 5.83. The van der Waals surface area contributed by atoms with Gasteiger partial charge < -0.3 is 10.2 Å². The number of amides is 1. The Labute approximate surface area is 137 Å². The van der Waals surface area contributed by atoms with Crippen LogP contribution in [-0.2, 0) is 4.79 Å². The number of halogens is 1. The molecule has 1 spiro atoms. The summed E-state index contributed by atoms with van der Waals surface area (Å²) in [6, 6.07) is 6.82. The van der Waals surface area contributed by atoms with Crippen LogP contribution in [0.1, 0.15) is 44.2 Å². The molecule has 4 heteroatoms. The van der Waals surface area contributed by atoms with Crippen molar-refractivity contribution in [1.29, 1.82) is 0 Å². The van der Waals surface area contributed by atoms with E-state index in [0.717, 1.165) is 50.9 Å². The lowest BCUT2D eigenvalue weighted by atomic mass is 9.91. The zero-order valence-electron chi connectivity index (χ0n) is 13.7. The average Bonchev–Trinajstić information content (AvgIpc) is 3.08. The number of nitrogens with zero attached hydrogens (tertiary/aromatic N) is 1. The molecule has 0 radical (unpaired) electrons. The summed E-state index contributed by atoms with van der Waals surface area (Å²) in [7, 11) is 0. The highest BCUT2D eigenvalue weighted by Crippen LogP contribution is 2.60. The van der Waals surface area contributed by atoms with Gasteiger partial charge in [-0.05, 0) is 67.8 Å². The normalized spacial score (nSPS) is 32.3. The zero-order valence-corrected chi connectivity index (χ0v) is 13.7. The van der Waals surface area contributed by atoms with Crippen LogP contribution in [-0.4, -0.2) is 30.4 Å². The molecule has 0 bridgehead atoms. The van der Waals surface area contributed by atoms with Crippen molar-refractivity contribution in [2.45, 2.75) is 38.6 Å². The number of nitrogens with one attached hydrogen (secondary N) is 1. The molecule has 2 saturated heterocycles. The van der Waals surface area contributed by atoms with Crippen molar-refractivity contribution >= 4 is 5.91 Å². The molecule has 3 fully saturated rings. The number of carbonyl (C=O) groups excluding carboxylic acids is 1. The minimum absolute atomic E-state index is 0.0394. The summed E-state index contributed by atoms with van der Waals surface area (Å²) < 4.78 is 13.6. The fourth-order valence-corrected chi connectivity index (χ4v) is 4.77. The number of likely N-dealkylation sites (tertiary alicyclic amines) is 1. The van der Waals surface area contributed by atoms with Gasteiger partial charge in [-0.2, -0.15) is 0 Å². The Morgan fingerprint density at radius 1 is 1.35 bits per heavy atom. The molecule has 23 heavy (non-hydrogen) atoms. The second-order valence-corrected chi connectivity index (χ2v) is 7.67. The third-order valence-electron chi connectivity index (χ3n) is 6.26. The van der Waals surface area contributed by atoms with Crippen molar-refractivity contribution in [1.82, 2.24) is 10.2 Å². The van der Waals surface area contributed by atoms with Gasteiger partial charge in [-0.25, -0.2) is 4.39 Å². The van der Waals surface area contributed by atoms with Gasteiger partial charge in [0.15, 0.2) is 0 Å². The largest absolute Gasteiger partial charge is 0.335 e. The zero-order chi connectivity index (χ0) is 16.0. The van der Waals surface area contributed by atoms with Crippen molar-refractivity contribution < 1.29 is 9.18 Å². The van der Waals surface area contributed by atoms with Crippen molar-refractivity contribution in [2.24, 2.45) is 17.3 Å². The second kappa shape index (κ2) is 5.59. The van der Waals surface area contributed by atoms with Crippen LogP contribution in [0.25, 0.3) is 0 Å². The van der Waals surface area contributed by atoms with Crippen LogP contribution in [0.2, 0.25) is 0 Å². The van der Waals surface area contributed by atoms with E-state index in [2.05, 4.69) is 12.2 Å². The predicted molar refractivity (Wildman–Crippen MR) is 87.3 cm³/mol. The number of carbonyl (C=O) groups is 1. The lowest BCUT2D eigenvalue weighted by Gasteiger charge is -2.30. The summed E-state index contributed by atoms with van der Waals surface area (Å²) in [5.41, 5.74) is 1.21. The maximum atomic E-state index is 13.6. The summed E-state index contributed by atoms with van der Waals surface area (Å²) in [5.74, 6) is 0.690. The molecule has 1 N–H and O–H groups in total. The molecule has 0 aromatic heterocycles. The van der Waals surface area contributed by atoms with Gasteiger partial charge in [-0.3, -0.25) is 4.79 Å². The second-order valence-electron chi connectivity index (χ2n) is 7.67. The highest BCUT2D eigenvalue weighted by atomic mass is 19.1. The van der Waals surface area contributed by atoms with Crippen molar-refractivity contribution in [2.75, 3.05) is 19.6 Å². The standard InChI is InChI=1S/C19H25FN2O/c1-13-5-10-22(17(13)14-3-2-4-15(20)11-14)18(23)16-12-19(16)6-8-21-9-7-19/h2-4,11,13,16-17,21H,5-10,12H2,1H3. The van der Waals surface area contributed by atoms with Gasteiger partial charge >= 0.3 is 0 Å². The van der Waals surface area contributed by atoms with E-state index in [1.54, 1.807) is 12.1 Å². The quantitative estimate of drug-likeness (QED) is 0.909. The Hall–Kier alpha value is -1.42. The van der Waals surface area contributed by atoms with Gasteiger partial charge in [-0.15, -0.1) is 0 Å². The summed E-state index contributed by atoms with van der Waals surface area (Å²) in [6.07, 6.45) is 4.30. The summed E-state index contributed by atoms with van der Waals surface area (Å²) in [4.78, 5) is 15.1. The number of benzene rings is 1. The fraction of sp³-hybridized carbons (Fsp3) is 0.632. The summed E-state index contributed by atoms with van der Waals surface area (Å²) >= 11 is 0. The smallest absolute Gasteiger partial charge is 0.226 e. The Balaban J connectivity index is 1.54. The maximum Gasteiger partial charge on any atom is 0.226 e. The van der Waals surface area contributed by atoms with Crippen LogP contribution >= 0.6 is 0 Å². The molecule has 3 aliphatic rings. The molecule has 1 aromatic carbocycles. The summed E-state index contributed by atoms with van der Waals surface area (Å²) in [6.45, 7) is 5.06. The maximum absolute atomic E-state index is 13.6. The Morgan fingerprint density at radius 2 is 2.13 bits per heavy atom. The Kier molecular flexibility index (Phi) is 3.67. The predicted octanol–water partition coefficient (Wildman–Crippen LogP) is 3.12. The lowest BCUT2D eigenvalue weighted by Crippen LogP contribution is -2.37. The molecule has 2 heterocycles.